The number of aliphatic hydroxyl groups is 1. The molecular weight excluding hydrogens is 376 g/mol. The fourth-order valence-electron chi connectivity index (χ4n) is 4.07. The maximum atomic E-state index is 9.84. The average molecular weight is 400 g/mol. The lowest BCUT2D eigenvalue weighted by Gasteiger charge is -2.29. The smallest absolute Gasteiger partial charge is 0.164 e. The quantitative estimate of drug-likeness (QED) is 0.566. The van der Waals surface area contributed by atoms with Gasteiger partial charge in [-0.2, -0.15) is 5.10 Å². The third-order valence-electron chi connectivity index (χ3n) is 5.58. The van der Waals surface area contributed by atoms with Gasteiger partial charge in [0.2, 0.25) is 0 Å². The third-order valence-corrected chi connectivity index (χ3v) is 5.58. The lowest BCUT2D eigenvalue weighted by atomic mass is 10.0. The van der Waals surface area contributed by atoms with Crippen LogP contribution in [-0.2, 0) is 11.3 Å². The Labute approximate surface area is 175 Å². The minimum Gasteiger partial charge on any atom is -0.390 e. The van der Waals surface area contributed by atoms with E-state index in [2.05, 4.69) is 29.2 Å². The van der Waals surface area contributed by atoms with Crippen molar-refractivity contribution in [2.75, 3.05) is 31.2 Å². The highest BCUT2D eigenvalue weighted by molar-refractivity contribution is 5.96. The van der Waals surface area contributed by atoms with Crippen molar-refractivity contribution < 1.29 is 9.84 Å². The summed E-state index contributed by atoms with van der Waals surface area (Å²) in [4.78, 5) is 7.04. The fourth-order valence-corrected chi connectivity index (χ4v) is 4.07. The number of hydrogen-bond acceptors (Lipinski definition) is 5. The van der Waals surface area contributed by atoms with Gasteiger partial charge in [-0.3, -0.25) is 0 Å². The van der Waals surface area contributed by atoms with Gasteiger partial charge in [0.15, 0.2) is 5.65 Å². The van der Waals surface area contributed by atoms with Crippen LogP contribution >= 0.6 is 0 Å². The summed E-state index contributed by atoms with van der Waals surface area (Å²) in [6, 6.07) is 20.5. The number of para-hydroxylation sites is 1. The predicted octanol–water partition coefficient (Wildman–Crippen LogP) is 3.72. The Hall–Kier alpha value is -3.22. The number of fused-ring (bicyclic) bond motifs is 1. The number of benzene rings is 2. The fraction of sp³-hybridized carbons (Fsp3) is 0.250. The third kappa shape index (κ3) is 3.34. The first kappa shape index (κ1) is 18.8. The molecule has 1 saturated heterocycles. The Bertz CT molecular complexity index is 1160. The number of anilines is 1. The summed E-state index contributed by atoms with van der Waals surface area (Å²) in [7, 11) is 0. The molecular formula is C24H24N4O2. The van der Waals surface area contributed by atoms with Crippen LogP contribution in [0.2, 0.25) is 0 Å². The van der Waals surface area contributed by atoms with Gasteiger partial charge in [-0.1, -0.05) is 30.3 Å². The van der Waals surface area contributed by atoms with Gasteiger partial charge in [0.25, 0.3) is 0 Å². The zero-order chi connectivity index (χ0) is 20.5. The van der Waals surface area contributed by atoms with E-state index in [1.54, 1.807) is 0 Å². The van der Waals surface area contributed by atoms with Crippen molar-refractivity contribution in [3.63, 3.8) is 0 Å². The summed E-state index contributed by atoms with van der Waals surface area (Å²) < 4.78 is 7.31. The number of aryl methyl sites for hydroxylation is 1. The molecule has 1 aliphatic heterocycles. The summed E-state index contributed by atoms with van der Waals surface area (Å²) >= 11 is 0. The Kier molecular flexibility index (Phi) is 4.94. The van der Waals surface area contributed by atoms with Gasteiger partial charge in [-0.25, -0.2) is 9.67 Å². The molecule has 2 aromatic heterocycles. The first-order valence-electron chi connectivity index (χ1n) is 10.2. The maximum absolute atomic E-state index is 9.84. The molecule has 0 atom stereocenters. The zero-order valence-corrected chi connectivity index (χ0v) is 17.0. The summed E-state index contributed by atoms with van der Waals surface area (Å²) in [5.74, 6) is 0. The Morgan fingerprint density at radius 2 is 1.70 bits per heavy atom. The van der Waals surface area contributed by atoms with Crippen molar-refractivity contribution in [2.24, 2.45) is 0 Å². The van der Waals surface area contributed by atoms with E-state index in [4.69, 9.17) is 14.8 Å². The summed E-state index contributed by atoms with van der Waals surface area (Å²) in [6.45, 7) is 5.25. The van der Waals surface area contributed by atoms with Crippen molar-refractivity contribution >= 4 is 16.7 Å². The highest BCUT2D eigenvalue weighted by atomic mass is 16.5. The first-order chi connectivity index (χ1) is 14.7. The highest BCUT2D eigenvalue weighted by Gasteiger charge is 2.18. The molecule has 152 valence electrons. The lowest BCUT2D eigenvalue weighted by Crippen LogP contribution is -2.36. The van der Waals surface area contributed by atoms with Gasteiger partial charge in [0, 0.05) is 18.8 Å². The summed E-state index contributed by atoms with van der Waals surface area (Å²) in [5.41, 5.74) is 6.59. The lowest BCUT2D eigenvalue weighted by molar-refractivity contribution is 0.122. The van der Waals surface area contributed by atoms with E-state index in [1.807, 2.05) is 48.0 Å². The molecule has 1 fully saturated rings. The molecule has 2 aromatic carbocycles. The number of rotatable bonds is 4. The van der Waals surface area contributed by atoms with Crippen LogP contribution in [0.1, 0.15) is 11.4 Å². The molecule has 1 N–H and O–H groups in total. The van der Waals surface area contributed by atoms with E-state index in [-0.39, 0.29) is 6.61 Å². The number of ether oxygens (including phenoxy) is 1. The van der Waals surface area contributed by atoms with E-state index in [9.17, 15) is 5.11 Å². The largest absolute Gasteiger partial charge is 0.390 e. The molecule has 0 saturated carbocycles. The predicted molar refractivity (Wildman–Crippen MR) is 118 cm³/mol. The van der Waals surface area contributed by atoms with E-state index in [0.717, 1.165) is 59.8 Å². The van der Waals surface area contributed by atoms with Crippen molar-refractivity contribution in [1.82, 2.24) is 14.8 Å². The number of hydrogen-bond donors (Lipinski definition) is 1. The van der Waals surface area contributed by atoms with Crippen LogP contribution in [0.5, 0.6) is 0 Å². The monoisotopic (exact) mass is 400 g/mol. The van der Waals surface area contributed by atoms with Gasteiger partial charge in [0.1, 0.15) is 0 Å². The molecule has 4 aromatic rings. The van der Waals surface area contributed by atoms with Crippen LogP contribution in [0, 0.1) is 6.92 Å². The van der Waals surface area contributed by atoms with Crippen LogP contribution in [0.25, 0.3) is 27.8 Å². The first-order valence-corrected chi connectivity index (χ1v) is 10.2. The molecule has 1 aliphatic rings. The Morgan fingerprint density at radius 3 is 2.40 bits per heavy atom. The van der Waals surface area contributed by atoms with E-state index >= 15 is 0 Å². The van der Waals surface area contributed by atoms with Crippen molar-refractivity contribution in [3.05, 3.63) is 72.1 Å². The van der Waals surface area contributed by atoms with Gasteiger partial charge < -0.3 is 14.7 Å². The van der Waals surface area contributed by atoms with E-state index in [0.29, 0.717) is 5.69 Å². The maximum Gasteiger partial charge on any atom is 0.164 e. The highest BCUT2D eigenvalue weighted by Crippen LogP contribution is 2.33. The molecule has 5 rings (SSSR count). The van der Waals surface area contributed by atoms with Crippen molar-refractivity contribution in [2.45, 2.75) is 13.5 Å². The van der Waals surface area contributed by atoms with Crippen LogP contribution in [0.15, 0.2) is 60.7 Å². The molecule has 0 amide bonds. The number of aromatic nitrogens is 3. The Morgan fingerprint density at radius 1 is 0.967 bits per heavy atom. The summed E-state index contributed by atoms with van der Waals surface area (Å²) in [6.07, 6.45) is 0. The molecule has 6 heteroatoms. The molecule has 0 aliphatic carbocycles. The van der Waals surface area contributed by atoms with Gasteiger partial charge in [-0.15, -0.1) is 0 Å². The van der Waals surface area contributed by atoms with Crippen LogP contribution in [-0.4, -0.2) is 46.2 Å². The van der Waals surface area contributed by atoms with Crippen molar-refractivity contribution in [3.8, 4) is 16.8 Å². The van der Waals surface area contributed by atoms with Crippen LogP contribution in [0.3, 0.4) is 0 Å². The van der Waals surface area contributed by atoms with Crippen LogP contribution in [0.4, 0.5) is 5.69 Å². The van der Waals surface area contributed by atoms with Gasteiger partial charge >= 0.3 is 0 Å². The van der Waals surface area contributed by atoms with Gasteiger partial charge in [0.05, 0.1) is 42.3 Å². The van der Waals surface area contributed by atoms with Crippen LogP contribution < -0.4 is 4.90 Å². The van der Waals surface area contributed by atoms with Crippen molar-refractivity contribution in [1.29, 1.82) is 0 Å². The molecule has 6 nitrogen and oxygen atoms in total. The number of aliphatic hydroxyl groups excluding tert-OH is 1. The topological polar surface area (TPSA) is 63.4 Å². The zero-order valence-electron chi connectivity index (χ0n) is 17.0. The number of morpholine rings is 1. The molecule has 0 bridgehead atoms. The minimum atomic E-state index is -0.117. The van der Waals surface area contributed by atoms with E-state index in [1.165, 1.54) is 5.69 Å². The Balaban J connectivity index is 1.63. The number of nitrogens with zero attached hydrogens (tertiary/aromatic N) is 4. The molecule has 0 unspecified atom stereocenters. The second-order valence-corrected chi connectivity index (χ2v) is 7.50. The van der Waals surface area contributed by atoms with Gasteiger partial charge in [-0.05, 0) is 48.4 Å². The standard InChI is InChI=1S/C24H24N4O2/c1-17-23-22(18-7-9-20(10-8-18)27-11-13-30-14-12-27)15-19(16-29)25-24(23)28(26-17)21-5-3-2-4-6-21/h2-10,15,29H,11-14,16H2,1H3. The van der Waals surface area contributed by atoms with E-state index < -0.39 is 0 Å². The molecule has 3 heterocycles. The molecule has 0 spiro atoms. The second-order valence-electron chi connectivity index (χ2n) is 7.50. The second kappa shape index (κ2) is 7.89. The average Bonchev–Trinajstić information content (AvgIpc) is 3.16. The number of pyridine rings is 1. The summed E-state index contributed by atoms with van der Waals surface area (Å²) in [5, 5.41) is 15.6. The minimum absolute atomic E-state index is 0.117. The molecule has 30 heavy (non-hydrogen) atoms. The normalized spacial score (nSPS) is 14.4. The SMILES string of the molecule is Cc1nn(-c2ccccc2)c2nc(CO)cc(-c3ccc(N4CCOCC4)cc3)c12. The molecule has 0 radical (unpaired) electrons.